The predicted octanol–water partition coefficient (Wildman–Crippen LogP) is 4.01. The number of carbonyl (C=O) groups is 1. The predicted molar refractivity (Wildman–Crippen MR) is 92.5 cm³/mol. The number of hydrogen-bond donors (Lipinski definition) is 1. The summed E-state index contributed by atoms with van der Waals surface area (Å²) in [7, 11) is 0. The number of aryl methyl sites for hydroxylation is 1. The fourth-order valence-electron chi connectivity index (χ4n) is 2.64. The van der Waals surface area contributed by atoms with E-state index in [1.54, 1.807) is 6.07 Å². The zero-order valence-corrected chi connectivity index (χ0v) is 14.1. The van der Waals surface area contributed by atoms with Crippen LogP contribution in [0.1, 0.15) is 28.9 Å². The first-order valence-electron chi connectivity index (χ1n) is 7.43. The molecular weight excluding hydrogens is 342 g/mol. The number of pyridine rings is 1. The zero-order valence-electron chi connectivity index (χ0n) is 12.5. The number of halogens is 1. The summed E-state index contributed by atoms with van der Waals surface area (Å²) in [4.78, 5) is 19.3. The van der Waals surface area contributed by atoms with Crippen molar-refractivity contribution in [3.63, 3.8) is 0 Å². The molecule has 3 rings (SSSR count). The van der Waals surface area contributed by atoms with Gasteiger partial charge in [0.2, 0.25) is 0 Å². The molecule has 0 atom stereocenters. The van der Waals surface area contributed by atoms with Crippen molar-refractivity contribution in [2.75, 3.05) is 23.3 Å². The van der Waals surface area contributed by atoms with Crippen molar-refractivity contribution in [3.8, 4) is 0 Å². The fourth-order valence-corrected chi connectivity index (χ4v) is 3.10. The first-order chi connectivity index (χ1) is 10.6. The molecule has 5 heteroatoms. The maximum Gasteiger partial charge on any atom is 0.256 e. The van der Waals surface area contributed by atoms with Crippen LogP contribution in [0.4, 0.5) is 11.5 Å². The van der Waals surface area contributed by atoms with Crippen molar-refractivity contribution in [3.05, 3.63) is 52.1 Å². The molecule has 1 saturated heterocycles. The summed E-state index contributed by atoms with van der Waals surface area (Å²) < 4.78 is 0.784. The number of aromatic nitrogens is 1. The zero-order chi connectivity index (χ0) is 15.5. The Balaban J connectivity index is 1.78. The standard InChI is InChI=1S/C17H18BrN3O/c1-12-15(8-9-16(19-12)21-10-4-5-11-21)20-17(22)13-6-2-3-7-14(13)18/h2-3,6-9H,4-5,10-11H2,1H3,(H,20,22). The molecule has 1 N–H and O–H groups in total. The lowest BCUT2D eigenvalue weighted by molar-refractivity contribution is 0.102. The maximum absolute atomic E-state index is 12.3. The summed E-state index contributed by atoms with van der Waals surface area (Å²) in [6, 6.07) is 11.3. The highest BCUT2D eigenvalue weighted by Gasteiger charge is 2.15. The van der Waals surface area contributed by atoms with Gasteiger partial charge < -0.3 is 10.2 Å². The normalized spacial score (nSPS) is 14.2. The number of amides is 1. The molecule has 0 bridgehead atoms. The van der Waals surface area contributed by atoms with Gasteiger partial charge in [-0.25, -0.2) is 4.98 Å². The lowest BCUT2D eigenvalue weighted by Crippen LogP contribution is -2.20. The highest BCUT2D eigenvalue weighted by atomic mass is 79.9. The Morgan fingerprint density at radius 3 is 2.59 bits per heavy atom. The van der Waals surface area contributed by atoms with Gasteiger partial charge in [-0.2, -0.15) is 0 Å². The minimum atomic E-state index is -0.133. The number of rotatable bonds is 3. The molecule has 2 heterocycles. The highest BCUT2D eigenvalue weighted by Crippen LogP contribution is 2.23. The smallest absolute Gasteiger partial charge is 0.256 e. The molecule has 1 aromatic carbocycles. The number of nitrogens with zero attached hydrogens (tertiary/aromatic N) is 2. The van der Waals surface area contributed by atoms with Crippen LogP contribution in [-0.4, -0.2) is 24.0 Å². The summed E-state index contributed by atoms with van der Waals surface area (Å²) in [5, 5.41) is 2.94. The van der Waals surface area contributed by atoms with Gasteiger partial charge in [-0.05, 0) is 60.0 Å². The summed E-state index contributed by atoms with van der Waals surface area (Å²) in [5.41, 5.74) is 2.21. The average molecular weight is 360 g/mol. The molecule has 0 unspecified atom stereocenters. The Morgan fingerprint density at radius 2 is 1.91 bits per heavy atom. The first kappa shape index (κ1) is 15.0. The lowest BCUT2D eigenvalue weighted by atomic mass is 10.2. The molecule has 114 valence electrons. The third kappa shape index (κ3) is 3.14. The second-order valence-electron chi connectivity index (χ2n) is 5.43. The van der Waals surface area contributed by atoms with Gasteiger partial charge in [0.05, 0.1) is 16.9 Å². The minimum absolute atomic E-state index is 0.133. The van der Waals surface area contributed by atoms with E-state index >= 15 is 0 Å². The van der Waals surface area contributed by atoms with Gasteiger partial charge in [0, 0.05) is 17.6 Å². The van der Waals surface area contributed by atoms with Gasteiger partial charge in [0.15, 0.2) is 0 Å². The molecule has 22 heavy (non-hydrogen) atoms. The summed E-state index contributed by atoms with van der Waals surface area (Å²) >= 11 is 3.40. The van der Waals surface area contributed by atoms with Crippen LogP contribution in [-0.2, 0) is 0 Å². The van der Waals surface area contributed by atoms with Gasteiger partial charge in [-0.1, -0.05) is 12.1 Å². The molecule has 1 aliphatic rings. The second kappa shape index (κ2) is 6.48. The largest absolute Gasteiger partial charge is 0.357 e. The molecule has 2 aromatic rings. The van der Waals surface area contributed by atoms with Crippen molar-refractivity contribution in [2.24, 2.45) is 0 Å². The Hall–Kier alpha value is -1.88. The molecule has 0 saturated carbocycles. The van der Waals surface area contributed by atoms with Gasteiger partial charge in [-0.3, -0.25) is 4.79 Å². The molecule has 0 aliphatic carbocycles. The fraction of sp³-hybridized carbons (Fsp3) is 0.294. The van der Waals surface area contributed by atoms with Crippen molar-refractivity contribution in [1.29, 1.82) is 0 Å². The van der Waals surface area contributed by atoms with E-state index in [1.165, 1.54) is 12.8 Å². The van der Waals surface area contributed by atoms with E-state index in [4.69, 9.17) is 0 Å². The summed E-state index contributed by atoms with van der Waals surface area (Å²) in [5.74, 6) is 0.861. The molecule has 4 nitrogen and oxygen atoms in total. The van der Waals surface area contributed by atoms with Crippen molar-refractivity contribution in [1.82, 2.24) is 4.98 Å². The van der Waals surface area contributed by atoms with Crippen LogP contribution >= 0.6 is 15.9 Å². The van der Waals surface area contributed by atoms with Crippen LogP contribution < -0.4 is 10.2 Å². The second-order valence-corrected chi connectivity index (χ2v) is 6.28. The van der Waals surface area contributed by atoms with E-state index in [0.29, 0.717) is 5.56 Å². The van der Waals surface area contributed by atoms with Crippen LogP contribution in [0.25, 0.3) is 0 Å². The number of anilines is 2. The minimum Gasteiger partial charge on any atom is -0.357 e. The van der Waals surface area contributed by atoms with Crippen LogP contribution in [0, 0.1) is 6.92 Å². The first-order valence-corrected chi connectivity index (χ1v) is 8.23. The number of carbonyl (C=O) groups excluding carboxylic acids is 1. The number of benzene rings is 1. The van der Waals surface area contributed by atoms with Crippen molar-refractivity contribution >= 4 is 33.3 Å². The van der Waals surface area contributed by atoms with Gasteiger partial charge >= 0.3 is 0 Å². The van der Waals surface area contributed by atoms with Crippen molar-refractivity contribution in [2.45, 2.75) is 19.8 Å². The van der Waals surface area contributed by atoms with Crippen molar-refractivity contribution < 1.29 is 4.79 Å². The van der Waals surface area contributed by atoms with Gasteiger partial charge in [0.25, 0.3) is 5.91 Å². The average Bonchev–Trinajstić information content (AvgIpc) is 3.04. The third-order valence-corrected chi connectivity index (χ3v) is 4.56. The van der Waals surface area contributed by atoms with E-state index in [9.17, 15) is 4.79 Å². The van der Waals surface area contributed by atoms with E-state index in [0.717, 1.165) is 34.8 Å². The monoisotopic (exact) mass is 359 g/mol. The lowest BCUT2D eigenvalue weighted by Gasteiger charge is -2.18. The Labute approximate surface area is 138 Å². The maximum atomic E-state index is 12.3. The molecule has 1 fully saturated rings. The third-order valence-electron chi connectivity index (χ3n) is 3.87. The van der Waals surface area contributed by atoms with E-state index in [-0.39, 0.29) is 5.91 Å². The number of hydrogen-bond acceptors (Lipinski definition) is 3. The molecule has 0 spiro atoms. The molecule has 1 amide bonds. The summed E-state index contributed by atoms with van der Waals surface area (Å²) in [6.45, 7) is 4.05. The van der Waals surface area contributed by atoms with E-state index in [1.807, 2.05) is 37.3 Å². The topological polar surface area (TPSA) is 45.2 Å². The van der Waals surface area contributed by atoms with Gasteiger partial charge in [0.1, 0.15) is 5.82 Å². The Kier molecular flexibility index (Phi) is 4.43. The molecule has 1 aromatic heterocycles. The molecular formula is C17H18BrN3O. The Morgan fingerprint density at radius 1 is 1.18 bits per heavy atom. The number of nitrogens with one attached hydrogen (secondary N) is 1. The molecule has 0 radical (unpaired) electrons. The highest BCUT2D eigenvalue weighted by molar-refractivity contribution is 9.10. The summed E-state index contributed by atoms with van der Waals surface area (Å²) in [6.07, 6.45) is 2.45. The van der Waals surface area contributed by atoms with E-state index < -0.39 is 0 Å². The van der Waals surface area contributed by atoms with Gasteiger partial charge in [-0.15, -0.1) is 0 Å². The SMILES string of the molecule is Cc1nc(N2CCCC2)ccc1NC(=O)c1ccccc1Br. The van der Waals surface area contributed by atoms with Crippen LogP contribution in [0.15, 0.2) is 40.9 Å². The Bertz CT molecular complexity index is 696. The van der Waals surface area contributed by atoms with Crippen LogP contribution in [0.5, 0.6) is 0 Å². The van der Waals surface area contributed by atoms with E-state index in [2.05, 4.69) is 31.1 Å². The molecule has 1 aliphatic heterocycles. The van der Waals surface area contributed by atoms with Crippen LogP contribution in [0.3, 0.4) is 0 Å². The quantitative estimate of drug-likeness (QED) is 0.900. The van der Waals surface area contributed by atoms with Crippen LogP contribution in [0.2, 0.25) is 0 Å².